The molecule has 15 heavy (non-hydrogen) atoms. The quantitative estimate of drug-likeness (QED) is 0.881. The van der Waals surface area contributed by atoms with Gasteiger partial charge < -0.3 is 11.1 Å². The van der Waals surface area contributed by atoms with Crippen LogP contribution >= 0.6 is 15.9 Å². The maximum Gasteiger partial charge on any atom is 0.254 e. The third-order valence-corrected chi connectivity index (χ3v) is 2.40. The van der Waals surface area contributed by atoms with E-state index in [2.05, 4.69) is 21.2 Å². The van der Waals surface area contributed by atoms with Crippen molar-refractivity contribution in [3.63, 3.8) is 0 Å². The van der Waals surface area contributed by atoms with Gasteiger partial charge in [0.1, 0.15) is 5.82 Å². The summed E-state index contributed by atoms with van der Waals surface area (Å²) in [6.45, 7) is 2.08. The first-order valence-corrected chi connectivity index (χ1v) is 5.30. The summed E-state index contributed by atoms with van der Waals surface area (Å²) >= 11 is 3.12. The highest BCUT2D eigenvalue weighted by atomic mass is 79.9. The molecule has 1 aromatic carbocycles. The molecule has 0 aromatic heterocycles. The van der Waals surface area contributed by atoms with Crippen molar-refractivity contribution in [2.45, 2.75) is 13.0 Å². The van der Waals surface area contributed by atoms with Gasteiger partial charge in [-0.25, -0.2) is 4.39 Å². The zero-order valence-electron chi connectivity index (χ0n) is 8.26. The minimum absolute atomic E-state index is 0.0264. The zero-order valence-corrected chi connectivity index (χ0v) is 9.84. The van der Waals surface area contributed by atoms with Crippen molar-refractivity contribution in [2.24, 2.45) is 5.73 Å². The van der Waals surface area contributed by atoms with Gasteiger partial charge in [-0.2, -0.15) is 0 Å². The Kier molecular flexibility index (Phi) is 4.23. The summed E-state index contributed by atoms with van der Waals surface area (Å²) in [5.74, 6) is -0.996. The second-order valence-electron chi connectivity index (χ2n) is 3.23. The van der Waals surface area contributed by atoms with Crippen molar-refractivity contribution in [1.29, 1.82) is 0 Å². The van der Waals surface area contributed by atoms with E-state index in [1.54, 1.807) is 13.0 Å². The van der Waals surface area contributed by atoms with Gasteiger partial charge in [0.25, 0.3) is 5.91 Å². The minimum atomic E-state index is -0.550. The number of nitrogens with one attached hydrogen (secondary N) is 1. The third-order valence-electron chi connectivity index (χ3n) is 1.91. The first-order valence-electron chi connectivity index (χ1n) is 4.50. The van der Waals surface area contributed by atoms with Gasteiger partial charge in [-0.15, -0.1) is 0 Å². The maximum atomic E-state index is 13.3. The highest BCUT2D eigenvalue weighted by Crippen LogP contribution is 2.15. The molecule has 0 saturated heterocycles. The molecule has 0 saturated carbocycles. The van der Waals surface area contributed by atoms with Crippen molar-refractivity contribution in [3.8, 4) is 0 Å². The summed E-state index contributed by atoms with van der Waals surface area (Å²) < 4.78 is 13.9. The summed E-state index contributed by atoms with van der Waals surface area (Å²) in [6, 6.07) is 4.13. The predicted molar refractivity (Wildman–Crippen MR) is 60.1 cm³/mol. The molecule has 1 atom stereocenters. The molecule has 1 amide bonds. The molecule has 0 fully saturated rings. The fourth-order valence-corrected chi connectivity index (χ4v) is 1.37. The molecule has 0 bridgehead atoms. The number of halogens is 2. The van der Waals surface area contributed by atoms with E-state index in [0.717, 1.165) is 0 Å². The van der Waals surface area contributed by atoms with E-state index in [1.807, 2.05) is 0 Å². The summed E-state index contributed by atoms with van der Waals surface area (Å²) in [5.41, 5.74) is 5.37. The first kappa shape index (κ1) is 12.1. The molecule has 0 radical (unpaired) electrons. The smallest absolute Gasteiger partial charge is 0.254 e. The van der Waals surface area contributed by atoms with Crippen molar-refractivity contribution >= 4 is 21.8 Å². The Morgan fingerprint density at radius 1 is 1.67 bits per heavy atom. The van der Waals surface area contributed by atoms with E-state index < -0.39 is 11.7 Å². The van der Waals surface area contributed by atoms with Gasteiger partial charge in [0.05, 0.1) is 5.56 Å². The van der Waals surface area contributed by atoms with Crippen LogP contribution in [-0.2, 0) is 0 Å². The molecule has 0 aliphatic heterocycles. The Bertz CT molecular complexity index is 370. The van der Waals surface area contributed by atoms with Crippen molar-refractivity contribution in [3.05, 3.63) is 34.1 Å². The lowest BCUT2D eigenvalue weighted by Crippen LogP contribution is -2.38. The predicted octanol–water partition coefficient (Wildman–Crippen LogP) is 1.67. The molecular formula is C10H12BrFN2O. The molecule has 3 N–H and O–H groups in total. The lowest BCUT2D eigenvalue weighted by atomic mass is 10.2. The molecule has 0 aliphatic carbocycles. The van der Waals surface area contributed by atoms with Gasteiger partial charge >= 0.3 is 0 Å². The lowest BCUT2D eigenvalue weighted by Gasteiger charge is -2.11. The fourth-order valence-electron chi connectivity index (χ4n) is 1.03. The number of amides is 1. The summed E-state index contributed by atoms with van der Waals surface area (Å²) in [7, 11) is 0. The van der Waals surface area contributed by atoms with Gasteiger partial charge in [-0.1, -0.05) is 15.9 Å². The van der Waals surface area contributed by atoms with E-state index in [4.69, 9.17) is 5.73 Å². The first-order chi connectivity index (χ1) is 7.04. The SMILES string of the molecule is C[C@@H](CN)NC(=O)c1ccc(Br)cc1F. The minimum Gasteiger partial charge on any atom is -0.348 e. The average Bonchev–Trinajstić information content (AvgIpc) is 2.17. The number of carbonyl (C=O) groups excluding carboxylic acids is 1. The van der Waals surface area contributed by atoms with Crippen LogP contribution in [-0.4, -0.2) is 18.5 Å². The number of hydrogen-bond donors (Lipinski definition) is 2. The number of benzene rings is 1. The highest BCUT2D eigenvalue weighted by Gasteiger charge is 2.13. The molecule has 0 spiro atoms. The lowest BCUT2D eigenvalue weighted by molar-refractivity contribution is 0.0937. The van der Waals surface area contributed by atoms with E-state index in [0.29, 0.717) is 11.0 Å². The van der Waals surface area contributed by atoms with Crippen molar-refractivity contribution in [1.82, 2.24) is 5.32 Å². The number of rotatable bonds is 3. The number of hydrogen-bond acceptors (Lipinski definition) is 2. The molecule has 0 aliphatic rings. The molecule has 0 heterocycles. The van der Waals surface area contributed by atoms with Gasteiger partial charge in [-0.05, 0) is 25.1 Å². The van der Waals surface area contributed by atoms with Crippen molar-refractivity contribution in [2.75, 3.05) is 6.54 Å². The van der Waals surface area contributed by atoms with Crippen LogP contribution in [0.15, 0.2) is 22.7 Å². The van der Waals surface area contributed by atoms with Crippen LogP contribution in [0.1, 0.15) is 17.3 Å². The van der Waals surface area contributed by atoms with Crippen LogP contribution in [0.2, 0.25) is 0 Å². The van der Waals surface area contributed by atoms with Crippen LogP contribution in [0, 0.1) is 5.82 Å². The molecule has 3 nitrogen and oxygen atoms in total. The second kappa shape index (κ2) is 5.23. The van der Waals surface area contributed by atoms with E-state index in [1.165, 1.54) is 12.1 Å². The molecule has 82 valence electrons. The van der Waals surface area contributed by atoms with Gasteiger partial charge in [0, 0.05) is 17.1 Å². The van der Waals surface area contributed by atoms with E-state index in [-0.39, 0.29) is 11.6 Å². The molecular weight excluding hydrogens is 263 g/mol. The Balaban J connectivity index is 2.82. The van der Waals surface area contributed by atoms with E-state index >= 15 is 0 Å². The van der Waals surface area contributed by atoms with Crippen LogP contribution < -0.4 is 11.1 Å². The third kappa shape index (κ3) is 3.28. The Labute approximate surface area is 96.0 Å². The largest absolute Gasteiger partial charge is 0.348 e. The van der Waals surface area contributed by atoms with E-state index in [9.17, 15) is 9.18 Å². The van der Waals surface area contributed by atoms with Crippen LogP contribution in [0.25, 0.3) is 0 Å². The summed E-state index contributed by atoms with van der Waals surface area (Å²) in [6.07, 6.45) is 0. The monoisotopic (exact) mass is 274 g/mol. The summed E-state index contributed by atoms with van der Waals surface area (Å²) in [5, 5.41) is 2.59. The topological polar surface area (TPSA) is 55.1 Å². The maximum absolute atomic E-state index is 13.3. The standard InChI is InChI=1S/C10H12BrFN2O/c1-6(5-13)14-10(15)8-3-2-7(11)4-9(8)12/h2-4,6H,5,13H2,1H3,(H,14,15)/t6-/m0/s1. The number of nitrogens with two attached hydrogens (primary N) is 1. The fraction of sp³-hybridized carbons (Fsp3) is 0.300. The van der Waals surface area contributed by atoms with Gasteiger partial charge in [0.2, 0.25) is 0 Å². The molecule has 5 heteroatoms. The Morgan fingerprint density at radius 3 is 2.87 bits per heavy atom. The van der Waals surface area contributed by atoms with Crippen LogP contribution in [0.4, 0.5) is 4.39 Å². The zero-order chi connectivity index (χ0) is 11.4. The molecule has 1 rings (SSSR count). The normalized spacial score (nSPS) is 12.3. The number of carbonyl (C=O) groups is 1. The van der Waals surface area contributed by atoms with Gasteiger partial charge in [0.15, 0.2) is 0 Å². The molecule has 0 unspecified atom stereocenters. The van der Waals surface area contributed by atoms with Crippen LogP contribution in [0.3, 0.4) is 0 Å². The van der Waals surface area contributed by atoms with Gasteiger partial charge in [-0.3, -0.25) is 4.79 Å². The summed E-state index contributed by atoms with van der Waals surface area (Å²) in [4.78, 5) is 11.5. The van der Waals surface area contributed by atoms with Crippen LogP contribution in [0.5, 0.6) is 0 Å². The average molecular weight is 275 g/mol. The Morgan fingerprint density at radius 2 is 2.33 bits per heavy atom. The molecule has 1 aromatic rings. The van der Waals surface area contributed by atoms with Crippen molar-refractivity contribution < 1.29 is 9.18 Å². The highest BCUT2D eigenvalue weighted by molar-refractivity contribution is 9.10. The second-order valence-corrected chi connectivity index (χ2v) is 4.15. The Hall–Kier alpha value is -0.940.